The number of hydrogen-bond donors (Lipinski definition) is 5. The molecule has 1 unspecified atom stereocenters. The van der Waals surface area contributed by atoms with Crippen LogP contribution in [0, 0.1) is 17.3 Å². The molecule has 50 heavy (non-hydrogen) atoms. The fraction of sp³-hybridized carbons (Fsp3) is 0.861. The first-order chi connectivity index (χ1) is 23.4. The van der Waals surface area contributed by atoms with Crippen LogP contribution in [0.3, 0.4) is 0 Å². The number of hydrogen-bond acceptors (Lipinski definition) is 8. The highest BCUT2D eigenvalue weighted by atomic mass is 32.2. The Balaban J connectivity index is 1.38. The molecule has 5 atom stereocenters. The normalized spacial score (nSPS) is 30.5. The van der Waals surface area contributed by atoms with Gasteiger partial charge in [0.25, 0.3) is 11.7 Å². The number of carbonyl (C=O) groups is 5. The molecule has 0 spiro atoms. The van der Waals surface area contributed by atoms with Gasteiger partial charge in [0.1, 0.15) is 18.2 Å². The molecule has 5 amide bonds. The van der Waals surface area contributed by atoms with E-state index in [9.17, 15) is 32.4 Å². The van der Waals surface area contributed by atoms with Crippen LogP contribution < -0.4 is 26.6 Å². The summed E-state index contributed by atoms with van der Waals surface area (Å²) in [6.45, 7) is 11.6. The van der Waals surface area contributed by atoms with Gasteiger partial charge in [-0.1, -0.05) is 58.8 Å². The number of carbonyl (C=O) groups excluding carboxylic acids is 5. The molecule has 5 aliphatic rings. The first kappa shape index (κ1) is 38.5. The molecule has 0 aromatic heterocycles. The van der Waals surface area contributed by atoms with Gasteiger partial charge in [-0.2, -0.15) is 0 Å². The number of nitrogens with zero attached hydrogens (tertiary/aromatic N) is 1. The number of amides is 5. The van der Waals surface area contributed by atoms with E-state index in [0.29, 0.717) is 38.8 Å². The number of urea groups is 1. The highest BCUT2D eigenvalue weighted by Crippen LogP contribution is 2.65. The van der Waals surface area contributed by atoms with Gasteiger partial charge >= 0.3 is 6.03 Å². The molecule has 2 aliphatic heterocycles. The topological polar surface area (TPSA) is 183 Å². The fourth-order valence-corrected chi connectivity index (χ4v) is 10.9. The Morgan fingerprint density at radius 3 is 2.16 bits per heavy atom. The zero-order chi connectivity index (χ0) is 36.6. The van der Waals surface area contributed by atoms with E-state index in [2.05, 4.69) is 40.4 Å². The average molecular weight is 721 g/mol. The molecular formula is C36H60N6O7S. The van der Waals surface area contributed by atoms with Crippen molar-refractivity contribution in [3.05, 3.63) is 0 Å². The Morgan fingerprint density at radius 1 is 0.900 bits per heavy atom. The summed E-state index contributed by atoms with van der Waals surface area (Å²) in [6.07, 6.45) is 8.28. The van der Waals surface area contributed by atoms with Crippen molar-refractivity contribution in [3.63, 3.8) is 0 Å². The first-order valence-electron chi connectivity index (χ1n) is 19.0. The smallest absolute Gasteiger partial charge is 0.315 e. The van der Waals surface area contributed by atoms with Gasteiger partial charge in [-0.25, -0.2) is 13.2 Å². The number of rotatable bonds is 8. The Kier molecular flexibility index (Phi) is 11.3. The maximum Gasteiger partial charge on any atom is 0.315 e. The largest absolute Gasteiger partial charge is 0.347 e. The van der Waals surface area contributed by atoms with E-state index in [-0.39, 0.29) is 29.2 Å². The lowest BCUT2D eigenvalue weighted by Gasteiger charge is -2.49. The molecule has 5 fully saturated rings. The Morgan fingerprint density at radius 2 is 1.52 bits per heavy atom. The third-order valence-electron chi connectivity index (χ3n) is 12.6. The number of Topliss-reactive ketones (excluding diaryl/α,β-unsaturated/α-hetero) is 1. The molecule has 3 aliphatic carbocycles. The van der Waals surface area contributed by atoms with Crippen molar-refractivity contribution in [2.75, 3.05) is 13.1 Å². The Hall–Kier alpha value is -2.74. The van der Waals surface area contributed by atoms with Crippen molar-refractivity contribution < 1.29 is 32.4 Å². The average Bonchev–Trinajstić information content (AvgIpc) is 3.91. The molecule has 0 aromatic carbocycles. The number of fused-ring (bicyclic) bond motifs is 3. The number of piperidine rings is 1. The molecule has 282 valence electrons. The van der Waals surface area contributed by atoms with E-state index in [4.69, 9.17) is 0 Å². The van der Waals surface area contributed by atoms with Crippen molar-refractivity contribution in [2.45, 2.75) is 165 Å². The van der Waals surface area contributed by atoms with Gasteiger partial charge in [0.2, 0.25) is 11.8 Å². The molecule has 0 aromatic rings. The van der Waals surface area contributed by atoms with Gasteiger partial charge in [-0.05, 0) is 90.0 Å². The van der Waals surface area contributed by atoms with Gasteiger partial charge in [0.15, 0.2) is 9.84 Å². The number of ketones is 1. The lowest BCUT2D eigenvalue weighted by molar-refractivity contribution is -0.144. The summed E-state index contributed by atoms with van der Waals surface area (Å²) in [6, 6.07) is -2.40. The van der Waals surface area contributed by atoms with Crippen LogP contribution in [0.1, 0.15) is 125 Å². The molecular weight excluding hydrogens is 660 g/mol. The summed E-state index contributed by atoms with van der Waals surface area (Å²) >= 11 is 0. The van der Waals surface area contributed by atoms with Crippen LogP contribution in [-0.2, 0) is 29.0 Å². The van der Waals surface area contributed by atoms with Crippen LogP contribution >= 0.6 is 0 Å². The maximum absolute atomic E-state index is 14.5. The molecule has 13 nitrogen and oxygen atoms in total. The molecule has 3 saturated carbocycles. The van der Waals surface area contributed by atoms with Crippen LogP contribution in [-0.4, -0.2) is 95.8 Å². The molecule has 0 radical (unpaired) electrons. The zero-order valence-corrected chi connectivity index (χ0v) is 31.7. The van der Waals surface area contributed by atoms with E-state index < -0.39 is 67.3 Å². The molecule has 0 bridgehead atoms. The minimum Gasteiger partial charge on any atom is -0.347 e. The van der Waals surface area contributed by atoms with Crippen molar-refractivity contribution >= 4 is 39.4 Å². The van der Waals surface area contributed by atoms with Crippen LogP contribution in [0.25, 0.3) is 0 Å². The highest BCUT2D eigenvalue weighted by Gasteiger charge is 2.69. The van der Waals surface area contributed by atoms with Gasteiger partial charge in [0.05, 0.1) is 15.5 Å². The zero-order valence-electron chi connectivity index (χ0n) is 30.9. The van der Waals surface area contributed by atoms with E-state index >= 15 is 0 Å². The second-order valence-corrected chi connectivity index (χ2v) is 19.9. The van der Waals surface area contributed by atoms with Crippen molar-refractivity contribution in [3.8, 4) is 0 Å². The molecule has 5 N–H and O–H groups in total. The third-order valence-corrected chi connectivity index (χ3v) is 15.7. The van der Waals surface area contributed by atoms with Gasteiger partial charge in [-0.3, -0.25) is 24.5 Å². The lowest BCUT2D eigenvalue weighted by atomic mass is 9.73. The van der Waals surface area contributed by atoms with E-state index in [1.165, 1.54) is 0 Å². The molecule has 5 rings (SSSR count). The maximum atomic E-state index is 14.5. The van der Waals surface area contributed by atoms with Crippen LogP contribution in [0.4, 0.5) is 4.79 Å². The Bertz CT molecular complexity index is 1440. The summed E-state index contributed by atoms with van der Waals surface area (Å²) in [5.74, 6) is -2.42. The van der Waals surface area contributed by atoms with Crippen molar-refractivity contribution in [2.24, 2.45) is 17.3 Å². The first-order valence-corrected chi connectivity index (χ1v) is 20.5. The van der Waals surface area contributed by atoms with Gasteiger partial charge < -0.3 is 26.2 Å². The second kappa shape index (κ2) is 14.7. The third kappa shape index (κ3) is 7.56. The number of nitrogens with one attached hydrogen (secondary N) is 5. The van der Waals surface area contributed by atoms with Crippen LogP contribution in [0.5, 0.6) is 0 Å². The molecule has 2 heterocycles. The minimum atomic E-state index is -3.63. The summed E-state index contributed by atoms with van der Waals surface area (Å²) in [5, 5.41) is 14.0. The van der Waals surface area contributed by atoms with E-state index in [1.54, 1.807) is 32.6 Å². The minimum absolute atomic E-state index is 0.0133. The summed E-state index contributed by atoms with van der Waals surface area (Å²) < 4.78 is 26.0. The Labute approximate surface area is 297 Å². The molecule has 2 saturated heterocycles. The van der Waals surface area contributed by atoms with Crippen LogP contribution in [0.15, 0.2) is 0 Å². The number of sulfone groups is 1. The highest BCUT2D eigenvalue weighted by molar-refractivity contribution is 7.93. The summed E-state index contributed by atoms with van der Waals surface area (Å²) in [5.41, 5.74) is -1.21. The summed E-state index contributed by atoms with van der Waals surface area (Å²) in [7, 11) is -3.63. The second-order valence-electron chi connectivity index (χ2n) is 16.9. The van der Waals surface area contributed by atoms with Crippen molar-refractivity contribution in [1.29, 1.82) is 0 Å². The van der Waals surface area contributed by atoms with Gasteiger partial charge in [-0.15, -0.1) is 0 Å². The predicted molar refractivity (Wildman–Crippen MR) is 189 cm³/mol. The SMILES string of the molecule is CC(C)S(=O)(=O)C(C)(C)C1(NC(=O)N[C@H]2CCCCCCCNC(C(=O)C(=O)NC3CC3)NC(=O)[C@@H]3[C@@H]4[C@H](CN3C2=O)C4(C)C)CCCCC1. The summed E-state index contributed by atoms with van der Waals surface area (Å²) in [4.78, 5) is 70.0. The fourth-order valence-electron chi connectivity index (χ4n) is 8.88. The van der Waals surface area contributed by atoms with E-state index in [0.717, 1.165) is 57.8 Å². The monoisotopic (exact) mass is 720 g/mol. The van der Waals surface area contributed by atoms with Gasteiger partial charge in [0, 0.05) is 12.6 Å². The lowest BCUT2D eigenvalue weighted by Crippen LogP contribution is -2.68. The van der Waals surface area contributed by atoms with Crippen LogP contribution in [0.2, 0.25) is 0 Å². The van der Waals surface area contributed by atoms with Crippen molar-refractivity contribution in [1.82, 2.24) is 31.5 Å². The predicted octanol–water partition coefficient (Wildman–Crippen LogP) is 2.68. The standard InChI is InChI=1S/C36H60N6O7S/c1-22(2)50(48,49)35(5,6)36(18-12-10-13-19-36)41-33(47)39-25-15-11-8-7-9-14-20-37-29(28(43)31(45)38-23-16-17-23)40-30(44)27-26-24(34(26,3)4)21-42(27)32(25)46/h22-27,29,37H,7-21H2,1-6H3,(H,38,45)(H,40,44)(H2,39,41,47)/t24-,25-,26-,27-,29?/m0/s1. The van der Waals surface area contributed by atoms with E-state index in [1.807, 2.05) is 0 Å². The molecule has 14 heteroatoms. The quantitative estimate of drug-likeness (QED) is 0.237.